The summed E-state index contributed by atoms with van der Waals surface area (Å²) in [6, 6.07) is 5.55. The second-order valence-corrected chi connectivity index (χ2v) is 6.97. The summed E-state index contributed by atoms with van der Waals surface area (Å²) in [6.45, 7) is 1.80. The number of sulfonamides is 1. The van der Waals surface area contributed by atoms with Gasteiger partial charge in [0.15, 0.2) is 0 Å². The predicted octanol–water partition coefficient (Wildman–Crippen LogP) is 2.37. The highest BCUT2D eigenvalue weighted by Gasteiger charge is 2.25. The number of carbonyl (C=O) groups excluding carboxylic acids is 1. The van der Waals surface area contributed by atoms with Crippen LogP contribution < -0.4 is 4.72 Å². The lowest BCUT2D eigenvalue weighted by Gasteiger charge is -2.07. The molecule has 1 saturated carbocycles. The number of nitrogens with one attached hydrogen (secondary N) is 1. The Morgan fingerprint density at radius 3 is 2.71 bits per heavy atom. The molecule has 0 heterocycles. The Bertz CT molecular complexity index is 759. The van der Waals surface area contributed by atoms with Crippen LogP contribution in [-0.2, 0) is 14.8 Å². The van der Waals surface area contributed by atoms with Crippen LogP contribution in [0.5, 0.6) is 0 Å². The van der Waals surface area contributed by atoms with E-state index < -0.39 is 15.9 Å². The molecule has 0 aliphatic heterocycles. The molecule has 0 atom stereocenters. The molecule has 7 heteroatoms. The lowest BCUT2D eigenvalue weighted by molar-refractivity contribution is -0.114. The molecule has 0 radical (unpaired) electrons. The first-order valence-corrected chi connectivity index (χ1v) is 8.14. The van der Waals surface area contributed by atoms with Crippen molar-refractivity contribution in [2.45, 2.75) is 24.7 Å². The van der Waals surface area contributed by atoms with Crippen molar-refractivity contribution in [3.8, 4) is 6.07 Å². The third kappa shape index (κ3) is 3.84. The van der Waals surface area contributed by atoms with Crippen LogP contribution in [0.2, 0.25) is 5.02 Å². The molecular formula is C14H13ClN2O3S. The maximum Gasteiger partial charge on any atom is 0.265 e. The van der Waals surface area contributed by atoms with Gasteiger partial charge in [-0.05, 0) is 43.9 Å². The van der Waals surface area contributed by atoms with Gasteiger partial charge in [0.2, 0.25) is 0 Å². The van der Waals surface area contributed by atoms with Crippen molar-refractivity contribution in [1.82, 2.24) is 4.72 Å². The van der Waals surface area contributed by atoms with E-state index in [1.54, 1.807) is 13.0 Å². The van der Waals surface area contributed by atoms with Crippen LogP contribution >= 0.6 is 11.6 Å². The van der Waals surface area contributed by atoms with Gasteiger partial charge in [-0.15, -0.1) is 0 Å². The van der Waals surface area contributed by atoms with E-state index in [0.717, 1.165) is 18.4 Å². The van der Waals surface area contributed by atoms with E-state index in [0.29, 0.717) is 5.92 Å². The standard InChI is InChI=1S/C14H13ClN2O3S/c1-9(10-2-3-10)6-14(18)17-21(19,20)13-5-4-12(15)7-11(13)8-16/h4-7,10H,2-3H2,1H3,(H,17,18). The van der Waals surface area contributed by atoms with E-state index in [1.807, 2.05) is 4.72 Å². The topological polar surface area (TPSA) is 87.0 Å². The highest BCUT2D eigenvalue weighted by Crippen LogP contribution is 2.35. The number of allylic oxidation sites excluding steroid dienone is 1. The van der Waals surface area contributed by atoms with Gasteiger partial charge in [-0.1, -0.05) is 17.2 Å². The Hall–Kier alpha value is -1.84. The normalized spacial score (nSPS) is 15.4. The Kier molecular flexibility index (Phi) is 4.35. The molecule has 0 unspecified atom stereocenters. The number of halogens is 1. The molecule has 1 aromatic carbocycles. The lowest BCUT2D eigenvalue weighted by atomic mass is 10.2. The molecular weight excluding hydrogens is 312 g/mol. The quantitative estimate of drug-likeness (QED) is 0.861. The number of nitriles is 1. The minimum atomic E-state index is -4.10. The minimum Gasteiger partial charge on any atom is -0.269 e. The van der Waals surface area contributed by atoms with Crippen molar-refractivity contribution in [2.75, 3.05) is 0 Å². The van der Waals surface area contributed by atoms with Gasteiger partial charge < -0.3 is 0 Å². The molecule has 0 bridgehead atoms. The van der Waals surface area contributed by atoms with Crippen LogP contribution in [0.4, 0.5) is 0 Å². The van der Waals surface area contributed by atoms with Gasteiger partial charge in [0.1, 0.15) is 11.0 Å². The molecule has 1 N–H and O–H groups in total. The van der Waals surface area contributed by atoms with Crippen molar-refractivity contribution >= 4 is 27.5 Å². The molecule has 5 nitrogen and oxygen atoms in total. The molecule has 2 rings (SSSR count). The Labute approximate surface area is 128 Å². The largest absolute Gasteiger partial charge is 0.269 e. The summed E-state index contributed by atoms with van der Waals surface area (Å²) >= 11 is 5.72. The highest BCUT2D eigenvalue weighted by molar-refractivity contribution is 7.90. The zero-order valence-corrected chi connectivity index (χ0v) is 12.8. The third-order valence-corrected chi connectivity index (χ3v) is 4.81. The number of hydrogen-bond acceptors (Lipinski definition) is 4. The molecule has 0 aromatic heterocycles. The first-order chi connectivity index (χ1) is 9.83. The van der Waals surface area contributed by atoms with Crippen LogP contribution in [0.15, 0.2) is 34.7 Å². The molecule has 1 aromatic rings. The van der Waals surface area contributed by atoms with Crippen molar-refractivity contribution in [3.63, 3.8) is 0 Å². The molecule has 1 aliphatic carbocycles. The fourth-order valence-electron chi connectivity index (χ4n) is 1.90. The average molecular weight is 325 g/mol. The van der Waals surface area contributed by atoms with Gasteiger partial charge >= 0.3 is 0 Å². The molecule has 0 saturated heterocycles. The zero-order valence-electron chi connectivity index (χ0n) is 11.3. The molecule has 1 aliphatic rings. The van der Waals surface area contributed by atoms with Gasteiger partial charge in [0, 0.05) is 11.1 Å². The summed E-state index contributed by atoms with van der Waals surface area (Å²) in [5.74, 6) is -0.332. The van der Waals surface area contributed by atoms with Crippen LogP contribution in [0.25, 0.3) is 0 Å². The SMILES string of the molecule is CC(=CC(=O)NS(=O)(=O)c1ccc(Cl)cc1C#N)C1CC1. The van der Waals surface area contributed by atoms with Gasteiger partial charge in [0.25, 0.3) is 15.9 Å². The number of benzene rings is 1. The van der Waals surface area contributed by atoms with Crippen LogP contribution in [-0.4, -0.2) is 14.3 Å². The van der Waals surface area contributed by atoms with E-state index in [1.165, 1.54) is 24.3 Å². The van der Waals surface area contributed by atoms with Crippen LogP contribution in [0.3, 0.4) is 0 Å². The Morgan fingerprint density at radius 2 is 2.14 bits per heavy atom. The van der Waals surface area contributed by atoms with Crippen molar-refractivity contribution in [3.05, 3.63) is 40.4 Å². The van der Waals surface area contributed by atoms with E-state index in [-0.39, 0.29) is 15.5 Å². The molecule has 0 spiro atoms. The maximum absolute atomic E-state index is 12.1. The summed E-state index contributed by atoms with van der Waals surface area (Å²) < 4.78 is 26.2. The predicted molar refractivity (Wildman–Crippen MR) is 78.0 cm³/mol. The third-order valence-electron chi connectivity index (χ3n) is 3.17. The Morgan fingerprint density at radius 1 is 1.48 bits per heavy atom. The maximum atomic E-state index is 12.1. The second kappa shape index (κ2) is 5.88. The fourth-order valence-corrected chi connectivity index (χ4v) is 3.15. The number of nitrogens with zero attached hydrogens (tertiary/aromatic N) is 1. The summed E-state index contributed by atoms with van der Waals surface area (Å²) in [6.07, 6.45) is 3.34. The summed E-state index contributed by atoms with van der Waals surface area (Å²) in [7, 11) is -4.10. The van der Waals surface area contributed by atoms with E-state index >= 15 is 0 Å². The summed E-state index contributed by atoms with van der Waals surface area (Å²) in [5.41, 5.74) is 0.755. The van der Waals surface area contributed by atoms with Gasteiger partial charge in [-0.2, -0.15) is 5.26 Å². The molecule has 21 heavy (non-hydrogen) atoms. The van der Waals surface area contributed by atoms with Crippen LogP contribution in [0, 0.1) is 17.2 Å². The van der Waals surface area contributed by atoms with E-state index in [4.69, 9.17) is 16.9 Å². The first kappa shape index (κ1) is 15.5. The number of hydrogen-bond donors (Lipinski definition) is 1. The number of carbonyl (C=O) groups is 1. The second-order valence-electron chi connectivity index (χ2n) is 4.88. The van der Waals surface area contributed by atoms with E-state index in [2.05, 4.69) is 0 Å². The number of amides is 1. The summed E-state index contributed by atoms with van der Waals surface area (Å²) in [4.78, 5) is 11.5. The fraction of sp³-hybridized carbons (Fsp3) is 0.286. The van der Waals surface area contributed by atoms with Crippen molar-refractivity contribution < 1.29 is 13.2 Å². The molecule has 1 amide bonds. The zero-order chi connectivity index (χ0) is 15.6. The van der Waals surface area contributed by atoms with Gasteiger partial charge in [-0.25, -0.2) is 13.1 Å². The minimum absolute atomic E-state index is 0.106. The van der Waals surface area contributed by atoms with Crippen molar-refractivity contribution in [1.29, 1.82) is 5.26 Å². The van der Waals surface area contributed by atoms with E-state index in [9.17, 15) is 13.2 Å². The number of rotatable bonds is 4. The van der Waals surface area contributed by atoms with Gasteiger partial charge in [0.05, 0.1) is 5.56 Å². The van der Waals surface area contributed by atoms with Gasteiger partial charge in [-0.3, -0.25) is 4.79 Å². The molecule has 110 valence electrons. The Balaban J connectivity index is 2.25. The summed E-state index contributed by atoms with van der Waals surface area (Å²) in [5, 5.41) is 9.22. The smallest absolute Gasteiger partial charge is 0.265 e. The van der Waals surface area contributed by atoms with Crippen molar-refractivity contribution in [2.24, 2.45) is 5.92 Å². The molecule has 1 fully saturated rings. The van der Waals surface area contributed by atoms with Crippen LogP contribution in [0.1, 0.15) is 25.3 Å². The first-order valence-electron chi connectivity index (χ1n) is 6.28. The monoisotopic (exact) mass is 324 g/mol. The highest BCUT2D eigenvalue weighted by atomic mass is 35.5. The average Bonchev–Trinajstić information content (AvgIpc) is 3.21. The lowest BCUT2D eigenvalue weighted by Crippen LogP contribution is -2.29.